The topological polar surface area (TPSA) is 100 Å². The summed E-state index contributed by atoms with van der Waals surface area (Å²) in [5.41, 5.74) is 0.663. The first-order valence-electron chi connectivity index (χ1n) is 12.1. The molecule has 1 atom stereocenters. The Kier molecular flexibility index (Phi) is 12.7. The van der Waals surface area contributed by atoms with Crippen molar-refractivity contribution >= 4 is 11.8 Å². The van der Waals surface area contributed by atoms with Gasteiger partial charge in [-0.25, -0.2) is 0 Å². The number of ether oxygens (including phenoxy) is 2. The minimum Gasteiger partial charge on any atom is -0.502 e. The zero-order valence-electron chi connectivity index (χ0n) is 22.1. The Balaban J connectivity index is 2.92. The van der Waals surface area contributed by atoms with Crippen molar-refractivity contribution in [1.82, 2.24) is 15.5 Å². The summed E-state index contributed by atoms with van der Waals surface area (Å²) in [6.45, 7) is 8.98. The molecule has 0 spiro atoms. The molecule has 0 saturated heterocycles. The second kappa shape index (κ2) is 14.7. The minimum atomic E-state index is -0.906. The summed E-state index contributed by atoms with van der Waals surface area (Å²) < 4.78 is 11.3. The molecule has 1 unspecified atom stereocenters. The number of nitrogens with one attached hydrogen (secondary N) is 2. The summed E-state index contributed by atoms with van der Waals surface area (Å²) in [4.78, 5) is 28.2. The maximum atomic E-state index is 13.0. The number of benzene rings is 1. The summed E-state index contributed by atoms with van der Waals surface area (Å²) >= 11 is 0. The van der Waals surface area contributed by atoms with Gasteiger partial charge >= 0.3 is 0 Å². The van der Waals surface area contributed by atoms with Crippen LogP contribution in [0.5, 0.6) is 17.2 Å². The summed E-state index contributed by atoms with van der Waals surface area (Å²) in [5, 5.41) is 16.0. The van der Waals surface area contributed by atoms with E-state index in [-0.39, 0.29) is 35.5 Å². The molecule has 1 aromatic carbocycles. The Morgan fingerprint density at radius 2 is 1.56 bits per heavy atom. The van der Waals surface area contributed by atoms with Crippen LogP contribution in [-0.2, 0) is 16.0 Å². The molecule has 3 N–H and O–H groups in total. The van der Waals surface area contributed by atoms with Crippen LogP contribution in [-0.4, -0.2) is 101 Å². The molecule has 0 aromatic heterocycles. The van der Waals surface area contributed by atoms with E-state index in [0.29, 0.717) is 18.7 Å². The van der Waals surface area contributed by atoms with Gasteiger partial charge in [0, 0.05) is 19.5 Å². The molecule has 0 aliphatic heterocycles. The molecule has 194 valence electrons. The van der Waals surface area contributed by atoms with Crippen molar-refractivity contribution in [3.05, 3.63) is 17.7 Å². The van der Waals surface area contributed by atoms with Crippen molar-refractivity contribution in [2.45, 2.75) is 33.1 Å². The number of nitrogens with zero attached hydrogens (tertiary/aromatic N) is 2. The average molecular weight is 482 g/mol. The normalized spacial score (nSPS) is 12.4. The van der Waals surface area contributed by atoms with Gasteiger partial charge in [-0.2, -0.15) is 0 Å². The van der Waals surface area contributed by atoms with E-state index in [2.05, 4.69) is 43.5 Å². The molecule has 0 fully saturated rings. The molecular formula is C25H45N4O5+. The van der Waals surface area contributed by atoms with Crippen LogP contribution in [0.3, 0.4) is 0 Å². The molecule has 1 aromatic rings. The van der Waals surface area contributed by atoms with Gasteiger partial charge in [0.25, 0.3) is 0 Å². The lowest BCUT2D eigenvalue weighted by Gasteiger charge is -2.28. The molecule has 1 rings (SSSR count). The monoisotopic (exact) mass is 481 g/mol. The van der Waals surface area contributed by atoms with E-state index in [9.17, 15) is 14.7 Å². The molecular weight excluding hydrogens is 436 g/mol. The van der Waals surface area contributed by atoms with Crippen molar-refractivity contribution in [3.8, 4) is 17.2 Å². The molecule has 0 radical (unpaired) electrons. The van der Waals surface area contributed by atoms with Crippen molar-refractivity contribution in [3.63, 3.8) is 0 Å². The van der Waals surface area contributed by atoms with E-state index in [1.54, 1.807) is 12.1 Å². The molecule has 9 heteroatoms. The second-order valence-corrected chi connectivity index (χ2v) is 9.27. The Hall–Kier alpha value is -2.52. The Morgan fingerprint density at radius 3 is 2.03 bits per heavy atom. The van der Waals surface area contributed by atoms with Gasteiger partial charge in [-0.1, -0.05) is 6.92 Å². The van der Waals surface area contributed by atoms with Crippen LogP contribution >= 0.6 is 0 Å². The molecule has 34 heavy (non-hydrogen) atoms. The van der Waals surface area contributed by atoms with Crippen LogP contribution in [0.15, 0.2) is 12.1 Å². The molecule has 9 nitrogen and oxygen atoms in total. The molecule has 2 amide bonds. The van der Waals surface area contributed by atoms with E-state index in [1.807, 2.05) is 7.05 Å². The first-order valence-corrected chi connectivity index (χ1v) is 12.1. The van der Waals surface area contributed by atoms with Crippen LogP contribution in [0, 0.1) is 5.92 Å². The summed E-state index contributed by atoms with van der Waals surface area (Å²) in [6, 6.07) is 3.26. The van der Waals surface area contributed by atoms with Gasteiger partial charge in [0.15, 0.2) is 11.5 Å². The third kappa shape index (κ3) is 9.77. The van der Waals surface area contributed by atoms with E-state index in [0.717, 1.165) is 43.5 Å². The molecule has 0 aliphatic rings. The van der Waals surface area contributed by atoms with Gasteiger partial charge < -0.3 is 34.6 Å². The number of hydrogen-bond acceptors (Lipinski definition) is 6. The number of quaternary nitrogens is 1. The summed E-state index contributed by atoms with van der Waals surface area (Å²) in [5.74, 6) is -1.18. The highest BCUT2D eigenvalue weighted by Crippen LogP contribution is 2.37. The predicted molar refractivity (Wildman–Crippen MR) is 134 cm³/mol. The van der Waals surface area contributed by atoms with E-state index < -0.39 is 5.92 Å². The van der Waals surface area contributed by atoms with Crippen LogP contribution in [0.1, 0.15) is 32.3 Å². The highest BCUT2D eigenvalue weighted by atomic mass is 16.5. The van der Waals surface area contributed by atoms with Crippen molar-refractivity contribution < 1.29 is 28.7 Å². The van der Waals surface area contributed by atoms with E-state index in [1.165, 1.54) is 14.2 Å². The average Bonchev–Trinajstić information content (AvgIpc) is 2.83. The number of hydrogen-bond donors (Lipinski definition) is 3. The van der Waals surface area contributed by atoms with Gasteiger partial charge in [0.2, 0.25) is 17.6 Å². The second-order valence-electron chi connectivity index (χ2n) is 9.27. The molecule has 0 aliphatic carbocycles. The standard InChI is InChI=1S/C25H44N4O5/c1-8-28(3)14-10-12-26-24(31)20(25(32)27-13-11-15-29(4,5)9-2)16-19-17-21(33-6)23(30)22(18-19)34-7/h17-18,20H,8-16H2,1-7H3,(H2-,26,27,30,31,32)/p+1. The SMILES string of the molecule is CCN(C)CCCNC(=O)C(Cc1cc(OC)c(O)c(OC)c1)C(=O)NCCC[N+](C)(C)CC. The maximum absolute atomic E-state index is 13.0. The predicted octanol–water partition coefficient (Wildman–Crippen LogP) is 1.63. The van der Waals surface area contributed by atoms with Gasteiger partial charge in [-0.15, -0.1) is 0 Å². The Morgan fingerprint density at radius 1 is 1.03 bits per heavy atom. The molecule has 0 heterocycles. The number of aromatic hydroxyl groups is 1. The van der Waals surface area contributed by atoms with Gasteiger partial charge in [-0.3, -0.25) is 9.59 Å². The number of rotatable bonds is 16. The van der Waals surface area contributed by atoms with Crippen LogP contribution < -0.4 is 20.1 Å². The number of phenols is 1. The smallest absolute Gasteiger partial charge is 0.232 e. The van der Waals surface area contributed by atoms with E-state index in [4.69, 9.17) is 9.47 Å². The first kappa shape index (κ1) is 29.5. The van der Waals surface area contributed by atoms with Crippen molar-refractivity contribution in [2.75, 3.05) is 74.6 Å². The zero-order chi connectivity index (χ0) is 25.7. The fourth-order valence-electron chi connectivity index (χ4n) is 3.45. The van der Waals surface area contributed by atoms with Crippen LogP contribution in [0.2, 0.25) is 0 Å². The highest BCUT2D eigenvalue weighted by molar-refractivity contribution is 6.00. The number of methoxy groups -OCH3 is 2. The number of amides is 2. The summed E-state index contributed by atoms with van der Waals surface area (Å²) in [7, 11) is 9.22. The number of phenolic OH excluding ortho intramolecular Hbond substituents is 1. The van der Waals surface area contributed by atoms with Crippen LogP contribution in [0.4, 0.5) is 0 Å². The maximum Gasteiger partial charge on any atom is 0.232 e. The zero-order valence-corrected chi connectivity index (χ0v) is 22.1. The van der Waals surface area contributed by atoms with Crippen molar-refractivity contribution in [2.24, 2.45) is 5.92 Å². The quantitative estimate of drug-likeness (QED) is 0.189. The Labute approximate surface area is 205 Å². The van der Waals surface area contributed by atoms with Gasteiger partial charge in [-0.05, 0) is 57.6 Å². The fraction of sp³-hybridized carbons (Fsp3) is 0.680. The van der Waals surface area contributed by atoms with Gasteiger partial charge in [0.1, 0.15) is 5.92 Å². The minimum absolute atomic E-state index is 0.115. The fourth-order valence-corrected chi connectivity index (χ4v) is 3.45. The lowest BCUT2D eigenvalue weighted by molar-refractivity contribution is -0.888. The number of carbonyl (C=O) groups is 2. The lowest BCUT2D eigenvalue weighted by atomic mass is 9.96. The highest BCUT2D eigenvalue weighted by Gasteiger charge is 2.28. The third-order valence-corrected chi connectivity index (χ3v) is 6.26. The van der Waals surface area contributed by atoms with E-state index >= 15 is 0 Å². The molecule has 0 saturated carbocycles. The lowest BCUT2D eigenvalue weighted by Crippen LogP contribution is -2.45. The Bertz CT molecular complexity index is 760. The van der Waals surface area contributed by atoms with Gasteiger partial charge in [0.05, 0.1) is 41.4 Å². The largest absolute Gasteiger partial charge is 0.502 e. The third-order valence-electron chi connectivity index (χ3n) is 6.26. The number of carbonyl (C=O) groups excluding carboxylic acids is 2. The van der Waals surface area contributed by atoms with Crippen molar-refractivity contribution in [1.29, 1.82) is 0 Å². The van der Waals surface area contributed by atoms with Crippen LogP contribution in [0.25, 0.3) is 0 Å². The summed E-state index contributed by atoms with van der Waals surface area (Å²) in [6.07, 6.45) is 1.79. The first-order chi connectivity index (χ1) is 16.1. The molecule has 0 bridgehead atoms.